The molecule has 0 aromatic heterocycles. The molecule has 0 aliphatic heterocycles. The number of benzene rings is 2. The predicted molar refractivity (Wildman–Crippen MR) is 114 cm³/mol. The third-order valence-electron chi connectivity index (χ3n) is 3.82. The van der Waals surface area contributed by atoms with E-state index in [0.29, 0.717) is 23.9 Å². The molecule has 1 N–H and O–H groups in total. The molecule has 1 amide bonds. The number of methoxy groups -OCH3 is 1. The third kappa shape index (κ3) is 6.27. The fourth-order valence-electron chi connectivity index (χ4n) is 2.57. The van der Waals surface area contributed by atoms with Gasteiger partial charge in [-0.05, 0) is 67.3 Å². The molecule has 0 spiro atoms. The highest BCUT2D eigenvalue weighted by molar-refractivity contribution is 9.10. The summed E-state index contributed by atoms with van der Waals surface area (Å²) in [6.07, 6.45) is 2.46. The van der Waals surface area contributed by atoms with Crippen molar-refractivity contribution in [2.75, 3.05) is 20.3 Å². The lowest BCUT2D eigenvalue weighted by Crippen LogP contribution is -2.25. The molecule has 0 radical (unpaired) electrons. The molecule has 0 saturated carbocycles. The van der Waals surface area contributed by atoms with Gasteiger partial charge in [-0.3, -0.25) is 4.79 Å². The van der Waals surface area contributed by atoms with Gasteiger partial charge in [0.2, 0.25) is 0 Å². The molecule has 2 aromatic rings. The monoisotopic (exact) mass is 448 g/mol. The lowest BCUT2D eigenvalue weighted by Gasteiger charge is -2.12. The summed E-state index contributed by atoms with van der Waals surface area (Å²) in [5.41, 5.74) is 5.16. The molecule has 28 heavy (non-hydrogen) atoms. The molecular formula is C21H25BrN2O4. The first-order valence-electron chi connectivity index (χ1n) is 8.96. The molecule has 6 nitrogen and oxygen atoms in total. The van der Waals surface area contributed by atoms with Crippen molar-refractivity contribution in [3.8, 4) is 17.2 Å². The predicted octanol–water partition coefficient (Wildman–Crippen LogP) is 4.39. The van der Waals surface area contributed by atoms with Crippen LogP contribution in [-0.2, 0) is 4.79 Å². The maximum Gasteiger partial charge on any atom is 0.277 e. The van der Waals surface area contributed by atoms with Gasteiger partial charge in [-0.25, -0.2) is 5.43 Å². The highest BCUT2D eigenvalue weighted by Gasteiger charge is 2.08. The fraction of sp³-hybridized carbons (Fsp3) is 0.333. The molecule has 0 saturated heterocycles. The lowest BCUT2D eigenvalue weighted by molar-refractivity contribution is -0.123. The number of carbonyl (C=O) groups excluding carboxylic acids is 1. The van der Waals surface area contributed by atoms with Gasteiger partial charge in [-0.2, -0.15) is 5.10 Å². The number of aryl methyl sites for hydroxylation is 2. The number of nitrogens with zero attached hydrogens (tertiary/aromatic N) is 1. The summed E-state index contributed by atoms with van der Waals surface area (Å²) in [7, 11) is 1.58. The van der Waals surface area contributed by atoms with Crippen LogP contribution in [0.2, 0.25) is 0 Å². The van der Waals surface area contributed by atoms with Gasteiger partial charge in [-0.15, -0.1) is 0 Å². The quantitative estimate of drug-likeness (QED) is 0.456. The number of carbonyl (C=O) groups is 1. The standard InChI is InChI=1S/C21H25BrN2O4/c1-5-8-27-18-7-6-16(11-19(18)26-4)12-23-24-20(25)13-28-21-14(2)9-17(22)10-15(21)3/h6-7,9-12H,5,8,13H2,1-4H3,(H,24,25)/b23-12+. The average molecular weight is 449 g/mol. The Morgan fingerprint density at radius 3 is 2.50 bits per heavy atom. The molecule has 0 heterocycles. The van der Waals surface area contributed by atoms with E-state index >= 15 is 0 Å². The molecule has 0 aliphatic carbocycles. The van der Waals surface area contributed by atoms with Crippen molar-refractivity contribution < 1.29 is 19.0 Å². The smallest absolute Gasteiger partial charge is 0.277 e. The summed E-state index contributed by atoms with van der Waals surface area (Å²) in [5.74, 6) is 1.66. The van der Waals surface area contributed by atoms with Crippen LogP contribution >= 0.6 is 15.9 Å². The first kappa shape index (κ1) is 21.8. The minimum absolute atomic E-state index is 0.117. The first-order chi connectivity index (χ1) is 13.4. The molecule has 0 aliphatic rings. The van der Waals surface area contributed by atoms with E-state index < -0.39 is 0 Å². The molecule has 0 bridgehead atoms. The van der Waals surface area contributed by atoms with Crippen molar-refractivity contribution in [2.24, 2.45) is 5.10 Å². The van der Waals surface area contributed by atoms with Crippen LogP contribution < -0.4 is 19.6 Å². The van der Waals surface area contributed by atoms with Crippen molar-refractivity contribution in [1.82, 2.24) is 5.43 Å². The second-order valence-electron chi connectivity index (χ2n) is 6.21. The van der Waals surface area contributed by atoms with Crippen LogP contribution in [0.3, 0.4) is 0 Å². The summed E-state index contributed by atoms with van der Waals surface area (Å²) in [5, 5.41) is 3.97. The number of rotatable bonds is 9. The Balaban J connectivity index is 1.91. The van der Waals surface area contributed by atoms with E-state index in [1.807, 2.05) is 45.0 Å². The highest BCUT2D eigenvalue weighted by Crippen LogP contribution is 2.28. The second-order valence-corrected chi connectivity index (χ2v) is 7.12. The Morgan fingerprint density at radius 1 is 1.14 bits per heavy atom. The summed E-state index contributed by atoms with van der Waals surface area (Å²) < 4.78 is 17.6. The Bertz CT molecular complexity index is 829. The van der Waals surface area contributed by atoms with Crippen LogP contribution in [0.4, 0.5) is 0 Å². The molecule has 0 unspecified atom stereocenters. The van der Waals surface area contributed by atoms with Crippen LogP contribution in [0.1, 0.15) is 30.0 Å². The van der Waals surface area contributed by atoms with E-state index in [0.717, 1.165) is 27.6 Å². The Kier molecular flexibility index (Phi) is 8.32. The van der Waals surface area contributed by atoms with Crippen molar-refractivity contribution in [3.63, 3.8) is 0 Å². The number of hydrazone groups is 1. The number of ether oxygens (including phenoxy) is 3. The van der Waals surface area contributed by atoms with E-state index in [4.69, 9.17) is 14.2 Å². The van der Waals surface area contributed by atoms with Crippen molar-refractivity contribution in [1.29, 1.82) is 0 Å². The summed E-state index contributed by atoms with van der Waals surface area (Å²) in [4.78, 5) is 12.0. The molecule has 0 atom stereocenters. The van der Waals surface area contributed by atoms with Gasteiger partial charge in [-0.1, -0.05) is 22.9 Å². The van der Waals surface area contributed by atoms with Gasteiger partial charge in [0.05, 0.1) is 19.9 Å². The normalized spacial score (nSPS) is 10.8. The third-order valence-corrected chi connectivity index (χ3v) is 4.28. The number of nitrogens with one attached hydrogen (secondary N) is 1. The Morgan fingerprint density at radius 2 is 1.86 bits per heavy atom. The van der Waals surface area contributed by atoms with Crippen LogP contribution in [0.15, 0.2) is 39.9 Å². The van der Waals surface area contributed by atoms with E-state index in [1.54, 1.807) is 19.4 Å². The molecule has 150 valence electrons. The van der Waals surface area contributed by atoms with Gasteiger partial charge in [0.1, 0.15) is 5.75 Å². The summed E-state index contributed by atoms with van der Waals surface area (Å²) in [6, 6.07) is 9.35. The molecular weight excluding hydrogens is 424 g/mol. The Labute approximate surface area is 174 Å². The number of hydrogen-bond acceptors (Lipinski definition) is 5. The average Bonchev–Trinajstić information content (AvgIpc) is 2.65. The molecule has 2 rings (SSSR count). The molecule has 0 fully saturated rings. The van der Waals surface area contributed by atoms with E-state index in [1.165, 1.54) is 0 Å². The zero-order valence-corrected chi connectivity index (χ0v) is 18.1. The lowest BCUT2D eigenvalue weighted by atomic mass is 10.1. The SMILES string of the molecule is CCCOc1ccc(/C=N/NC(=O)COc2c(C)cc(Br)cc2C)cc1OC. The van der Waals surface area contributed by atoms with Crippen LogP contribution in [-0.4, -0.2) is 32.4 Å². The molecule has 2 aromatic carbocycles. The zero-order chi connectivity index (χ0) is 20.5. The number of halogens is 1. The van der Waals surface area contributed by atoms with Crippen LogP contribution in [0.25, 0.3) is 0 Å². The number of hydrogen-bond donors (Lipinski definition) is 1. The molecule has 7 heteroatoms. The van der Waals surface area contributed by atoms with Crippen molar-refractivity contribution >= 4 is 28.1 Å². The van der Waals surface area contributed by atoms with Crippen molar-refractivity contribution in [2.45, 2.75) is 27.2 Å². The number of amides is 1. The first-order valence-corrected chi connectivity index (χ1v) is 9.76. The van der Waals surface area contributed by atoms with Gasteiger partial charge in [0.25, 0.3) is 5.91 Å². The maximum atomic E-state index is 12.0. The summed E-state index contributed by atoms with van der Waals surface area (Å²) in [6.45, 7) is 6.42. The topological polar surface area (TPSA) is 69.2 Å². The second kappa shape index (κ2) is 10.7. The minimum atomic E-state index is -0.340. The highest BCUT2D eigenvalue weighted by atomic mass is 79.9. The van der Waals surface area contributed by atoms with E-state index in [2.05, 4.69) is 26.5 Å². The largest absolute Gasteiger partial charge is 0.493 e. The van der Waals surface area contributed by atoms with E-state index in [9.17, 15) is 4.79 Å². The van der Waals surface area contributed by atoms with Gasteiger partial charge in [0.15, 0.2) is 18.1 Å². The minimum Gasteiger partial charge on any atom is -0.493 e. The van der Waals surface area contributed by atoms with Crippen molar-refractivity contribution in [3.05, 3.63) is 51.5 Å². The van der Waals surface area contributed by atoms with Gasteiger partial charge >= 0.3 is 0 Å². The van der Waals surface area contributed by atoms with Crippen LogP contribution in [0.5, 0.6) is 17.2 Å². The maximum absolute atomic E-state index is 12.0. The van der Waals surface area contributed by atoms with Gasteiger partial charge < -0.3 is 14.2 Å². The fourth-order valence-corrected chi connectivity index (χ4v) is 3.26. The summed E-state index contributed by atoms with van der Waals surface area (Å²) >= 11 is 3.44. The van der Waals surface area contributed by atoms with Crippen LogP contribution in [0, 0.1) is 13.8 Å². The Hall–Kier alpha value is -2.54. The zero-order valence-electron chi connectivity index (χ0n) is 16.5. The van der Waals surface area contributed by atoms with E-state index in [-0.39, 0.29) is 12.5 Å². The van der Waals surface area contributed by atoms with Gasteiger partial charge in [0, 0.05) is 4.47 Å².